The predicted octanol–water partition coefficient (Wildman–Crippen LogP) is 3.00. The Balaban J connectivity index is 1.81. The van der Waals surface area contributed by atoms with Crippen molar-refractivity contribution in [2.75, 3.05) is 5.73 Å². The van der Waals surface area contributed by atoms with Gasteiger partial charge in [-0.25, -0.2) is 4.39 Å². The van der Waals surface area contributed by atoms with Gasteiger partial charge in [0.15, 0.2) is 5.78 Å². The smallest absolute Gasteiger partial charge is 0.182 e. The van der Waals surface area contributed by atoms with Gasteiger partial charge < -0.3 is 11.1 Å². The molecule has 0 saturated heterocycles. The summed E-state index contributed by atoms with van der Waals surface area (Å²) in [6.07, 6.45) is 1.34. The summed E-state index contributed by atoms with van der Waals surface area (Å²) in [6.45, 7) is 2.34. The highest BCUT2D eigenvalue weighted by Crippen LogP contribution is 2.31. The number of fused-ring (bicyclic) bond motifs is 1. The molecule has 0 aliphatic heterocycles. The molecule has 0 saturated carbocycles. The first-order chi connectivity index (χ1) is 10.6. The summed E-state index contributed by atoms with van der Waals surface area (Å²) < 4.78 is 13.8. The van der Waals surface area contributed by atoms with Gasteiger partial charge in [0.25, 0.3) is 0 Å². The van der Waals surface area contributed by atoms with Gasteiger partial charge in [0.05, 0.1) is 6.04 Å². The molecular weight excluding hydrogens is 279 g/mol. The summed E-state index contributed by atoms with van der Waals surface area (Å²) in [5, 5.41) is 3.29. The number of hydrogen-bond donors (Lipinski definition) is 2. The van der Waals surface area contributed by atoms with Crippen LogP contribution in [-0.4, -0.2) is 11.8 Å². The summed E-state index contributed by atoms with van der Waals surface area (Å²) in [4.78, 5) is 12.7. The molecule has 0 amide bonds. The monoisotopic (exact) mass is 298 g/mol. The Morgan fingerprint density at radius 2 is 2.05 bits per heavy atom. The lowest BCUT2D eigenvalue weighted by Gasteiger charge is -2.27. The van der Waals surface area contributed by atoms with Gasteiger partial charge in [0.2, 0.25) is 0 Å². The van der Waals surface area contributed by atoms with Crippen LogP contribution >= 0.6 is 0 Å². The van der Waals surface area contributed by atoms with Gasteiger partial charge in [0.1, 0.15) is 5.82 Å². The molecule has 0 heterocycles. The van der Waals surface area contributed by atoms with Crippen LogP contribution in [-0.2, 0) is 13.0 Å². The zero-order chi connectivity index (χ0) is 15.7. The number of benzene rings is 2. The summed E-state index contributed by atoms with van der Waals surface area (Å²) in [6, 6.07) is 10.9. The van der Waals surface area contributed by atoms with E-state index in [9.17, 15) is 9.18 Å². The normalized spacial score (nSPS) is 17.4. The first-order valence-electron chi connectivity index (χ1n) is 7.47. The highest BCUT2D eigenvalue weighted by Gasteiger charge is 2.30. The average molecular weight is 298 g/mol. The Labute approximate surface area is 129 Å². The zero-order valence-electron chi connectivity index (χ0n) is 12.5. The minimum atomic E-state index is -0.334. The van der Waals surface area contributed by atoms with E-state index in [0.717, 1.165) is 11.1 Å². The Morgan fingerprint density at radius 1 is 1.32 bits per heavy atom. The maximum Gasteiger partial charge on any atom is 0.182 e. The lowest BCUT2D eigenvalue weighted by molar-refractivity contribution is 0.0928. The Morgan fingerprint density at radius 3 is 2.77 bits per heavy atom. The van der Waals surface area contributed by atoms with Crippen LogP contribution in [0.15, 0.2) is 36.4 Å². The van der Waals surface area contributed by atoms with Gasteiger partial charge in [-0.2, -0.15) is 0 Å². The fraction of sp³-hybridized carbons (Fsp3) is 0.278. The Hall–Kier alpha value is -2.20. The van der Waals surface area contributed by atoms with E-state index in [0.29, 0.717) is 30.5 Å². The number of ketones is 1. The van der Waals surface area contributed by atoms with Gasteiger partial charge in [-0.1, -0.05) is 30.3 Å². The third-order valence-electron chi connectivity index (χ3n) is 4.32. The van der Waals surface area contributed by atoms with Gasteiger partial charge in [0, 0.05) is 17.8 Å². The lowest BCUT2D eigenvalue weighted by atomic mass is 9.83. The molecule has 1 atom stereocenters. The molecule has 3 rings (SSSR count). The van der Waals surface area contributed by atoms with Crippen molar-refractivity contribution in [3.8, 4) is 0 Å². The van der Waals surface area contributed by atoms with E-state index in [1.807, 2.05) is 30.3 Å². The molecule has 114 valence electrons. The number of carbonyl (C=O) groups is 1. The maximum absolute atomic E-state index is 13.8. The molecule has 0 unspecified atom stereocenters. The Bertz CT molecular complexity index is 713. The molecule has 0 spiro atoms. The third-order valence-corrected chi connectivity index (χ3v) is 4.32. The first-order valence-corrected chi connectivity index (χ1v) is 7.47. The fourth-order valence-electron chi connectivity index (χ4n) is 3.05. The maximum atomic E-state index is 13.8. The SMILES string of the molecule is Cc1c(F)cc(N)c2c1CC[C@H](NCc1ccccc1)C2=O. The minimum absolute atomic E-state index is 0.0298. The standard InChI is InChI=1S/C18H19FN2O/c1-11-13-7-8-16(21-10-12-5-3-2-4-6-12)18(22)17(13)15(20)9-14(11)19/h2-6,9,16,21H,7-8,10,20H2,1H3/t16-/m0/s1. The van der Waals surface area contributed by atoms with E-state index in [1.165, 1.54) is 6.07 Å². The first kappa shape index (κ1) is 14.7. The predicted molar refractivity (Wildman–Crippen MR) is 85.3 cm³/mol. The van der Waals surface area contributed by atoms with Crippen molar-refractivity contribution < 1.29 is 9.18 Å². The number of carbonyl (C=O) groups excluding carboxylic acids is 1. The second-order valence-corrected chi connectivity index (χ2v) is 5.75. The largest absolute Gasteiger partial charge is 0.398 e. The van der Waals surface area contributed by atoms with Crippen molar-refractivity contribution in [3.05, 3.63) is 64.5 Å². The lowest BCUT2D eigenvalue weighted by Crippen LogP contribution is -2.40. The fourth-order valence-corrected chi connectivity index (χ4v) is 3.05. The molecule has 2 aromatic rings. The van der Waals surface area contributed by atoms with Gasteiger partial charge in [-0.15, -0.1) is 0 Å². The van der Waals surface area contributed by atoms with Crippen LogP contribution in [0.1, 0.15) is 33.5 Å². The Kier molecular flexibility index (Phi) is 3.94. The molecule has 1 aliphatic carbocycles. The van der Waals surface area contributed by atoms with Crippen molar-refractivity contribution in [2.45, 2.75) is 32.4 Å². The van der Waals surface area contributed by atoms with E-state index in [4.69, 9.17) is 5.73 Å². The van der Waals surface area contributed by atoms with Crippen LogP contribution in [0.5, 0.6) is 0 Å². The summed E-state index contributed by atoms with van der Waals surface area (Å²) >= 11 is 0. The highest BCUT2D eigenvalue weighted by atomic mass is 19.1. The number of hydrogen-bond acceptors (Lipinski definition) is 3. The molecular formula is C18H19FN2O. The van der Waals surface area contributed by atoms with Crippen LogP contribution in [0.2, 0.25) is 0 Å². The van der Waals surface area contributed by atoms with Crippen LogP contribution in [0.25, 0.3) is 0 Å². The number of Topliss-reactive ketones (excluding diaryl/α,β-unsaturated/α-hetero) is 1. The van der Waals surface area contributed by atoms with Crippen LogP contribution < -0.4 is 11.1 Å². The van der Waals surface area contributed by atoms with E-state index < -0.39 is 0 Å². The van der Waals surface area contributed by atoms with E-state index >= 15 is 0 Å². The topological polar surface area (TPSA) is 55.1 Å². The van der Waals surface area contributed by atoms with E-state index in [2.05, 4.69) is 5.32 Å². The van der Waals surface area contributed by atoms with Gasteiger partial charge in [-0.05, 0) is 42.5 Å². The molecule has 1 aliphatic rings. The molecule has 4 heteroatoms. The van der Waals surface area contributed by atoms with Crippen molar-refractivity contribution in [3.63, 3.8) is 0 Å². The molecule has 0 aromatic heterocycles. The second-order valence-electron chi connectivity index (χ2n) is 5.75. The summed E-state index contributed by atoms with van der Waals surface area (Å²) in [7, 11) is 0. The quantitative estimate of drug-likeness (QED) is 0.857. The van der Waals surface area contributed by atoms with Crippen LogP contribution in [0, 0.1) is 12.7 Å². The summed E-state index contributed by atoms with van der Waals surface area (Å²) in [5.41, 5.74) is 9.06. The molecule has 3 nitrogen and oxygen atoms in total. The minimum Gasteiger partial charge on any atom is -0.398 e. The van der Waals surface area contributed by atoms with Crippen LogP contribution in [0.3, 0.4) is 0 Å². The number of anilines is 1. The van der Waals surface area contributed by atoms with Crippen molar-refractivity contribution in [2.24, 2.45) is 0 Å². The molecule has 0 fully saturated rings. The van der Waals surface area contributed by atoms with E-state index in [-0.39, 0.29) is 23.3 Å². The van der Waals surface area contributed by atoms with Gasteiger partial charge in [-0.3, -0.25) is 4.79 Å². The molecule has 0 bridgehead atoms. The average Bonchev–Trinajstić information content (AvgIpc) is 2.52. The number of rotatable bonds is 3. The summed E-state index contributed by atoms with van der Waals surface area (Å²) in [5.74, 6) is -0.363. The number of nitrogen functional groups attached to an aromatic ring is 1. The highest BCUT2D eigenvalue weighted by molar-refractivity contribution is 6.06. The number of nitrogens with one attached hydrogen (secondary N) is 1. The number of nitrogens with two attached hydrogens (primary N) is 1. The van der Waals surface area contributed by atoms with E-state index in [1.54, 1.807) is 6.92 Å². The molecule has 2 aromatic carbocycles. The third kappa shape index (κ3) is 2.62. The van der Waals surface area contributed by atoms with Crippen LogP contribution in [0.4, 0.5) is 10.1 Å². The van der Waals surface area contributed by atoms with Crippen molar-refractivity contribution in [1.82, 2.24) is 5.32 Å². The molecule has 22 heavy (non-hydrogen) atoms. The molecule has 3 N–H and O–H groups in total. The van der Waals surface area contributed by atoms with Crippen molar-refractivity contribution in [1.29, 1.82) is 0 Å². The van der Waals surface area contributed by atoms with Gasteiger partial charge >= 0.3 is 0 Å². The second kappa shape index (κ2) is 5.89. The van der Waals surface area contributed by atoms with Crippen molar-refractivity contribution >= 4 is 11.5 Å². The molecule has 0 radical (unpaired) electrons. The number of halogens is 1. The zero-order valence-corrected chi connectivity index (χ0v) is 12.5.